The summed E-state index contributed by atoms with van der Waals surface area (Å²) >= 11 is 0. The third-order valence-corrected chi connectivity index (χ3v) is 5.46. The second-order valence-electron chi connectivity index (χ2n) is 7.39. The summed E-state index contributed by atoms with van der Waals surface area (Å²) in [6.45, 7) is 1.40. The molecule has 0 aliphatic heterocycles. The maximum absolute atomic E-state index is 12.2. The number of aryl methyl sites for hydroxylation is 1. The summed E-state index contributed by atoms with van der Waals surface area (Å²) in [6.07, 6.45) is 7.89. The second kappa shape index (κ2) is 8.08. The van der Waals surface area contributed by atoms with E-state index in [0.29, 0.717) is 18.0 Å². The van der Waals surface area contributed by atoms with Crippen LogP contribution in [0.4, 0.5) is 0 Å². The lowest BCUT2D eigenvalue weighted by atomic mass is 9.94. The number of carbonyl (C=O) groups excluding carboxylic acids is 1. The Bertz CT molecular complexity index is 935. The van der Waals surface area contributed by atoms with E-state index in [-0.39, 0.29) is 18.1 Å². The Balaban J connectivity index is 1.58. The van der Waals surface area contributed by atoms with E-state index in [9.17, 15) is 14.4 Å². The van der Waals surface area contributed by atoms with Crippen LogP contribution in [0.5, 0.6) is 0 Å². The fraction of sp³-hybridized carbons (Fsp3) is 0.667. The summed E-state index contributed by atoms with van der Waals surface area (Å²) in [5.41, 5.74) is -0.560. The minimum Gasteiger partial charge on any atom is -0.353 e. The van der Waals surface area contributed by atoms with Gasteiger partial charge in [-0.2, -0.15) is 5.10 Å². The molecular formula is C18H28N6O3. The molecule has 1 amide bonds. The smallest absolute Gasteiger partial charge is 0.332 e. The molecule has 0 unspecified atom stereocenters. The van der Waals surface area contributed by atoms with E-state index in [1.54, 1.807) is 7.05 Å². The summed E-state index contributed by atoms with van der Waals surface area (Å²) in [5, 5.41) is 7.45. The zero-order valence-corrected chi connectivity index (χ0v) is 16.3. The van der Waals surface area contributed by atoms with Crippen LogP contribution in [0.15, 0.2) is 15.8 Å². The van der Waals surface area contributed by atoms with Gasteiger partial charge in [-0.05, 0) is 19.9 Å². The molecule has 0 radical (unpaired) electrons. The number of nitrogens with one attached hydrogen (secondary N) is 1. The van der Waals surface area contributed by atoms with Gasteiger partial charge in [-0.25, -0.2) is 4.79 Å². The van der Waals surface area contributed by atoms with Crippen LogP contribution in [0.1, 0.15) is 32.1 Å². The molecule has 1 fully saturated rings. The third-order valence-electron chi connectivity index (χ3n) is 5.46. The zero-order valence-electron chi connectivity index (χ0n) is 16.3. The van der Waals surface area contributed by atoms with Crippen molar-refractivity contribution in [3.05, 3.63) is 27.0 Å². The van der Waals surface area contributed by atoms with Crippen molar-refractivity contribution in [3.8, 4) is 0 Å². The molecule has 3 rings (SSSR count). The lowest BCUT2D eigenvalue weighted by molar-refractivity contribution is -0.121. The first-order chi connectivity index (χ1) is 12.9. The quantitative estimate of drug-likeness (QED) is 0.754. The third kappa shape index (κ3) is 4.13. The summed E-state index contributed by atoms with van der Waals surface area (Å²) in [6, 6.07) is 0.615. The molecule has 0 spiro atoms. The number of nitrogens with zero attached hydrogens (tertiary/aromatic N) is 5. The van der Waals surface area contributed by atoms with Crippen molar-refractivity contribution in [1.29, 1.82) is 0 Å². The van der Waals surface area contributed by atoms with Crippen molar-refractivity contribution >= 4 is 16.9 Å². The first-order valence-electron chi connectivity index (χ1n) is 9.48. The molecule has 1 N–H and O–H groups in total. The van der Waals surface area contributed by atoms with Crippen LogP contribution in [-0.2, 0) is 25.4 Å². The average molecular weight is 376 g/mol. The molecule has 2 aromatic rings. The molecule has 0 saturated heterocycles. The lowest BCUT2D eigenvalue weighted by Gasteiger charge is -2.31. The van der Waals surface area contributed by atoms with Crippen molar-refractivity contribution in [3.63, 3.8) is 0 Å². The number of hydrogen-bond acceptors (Lipinski definition) is 5. The Hall–Kier alpha value is -2.42. The Morgan fingerprint density at radius 3 is 2.63 bits per heavy atom. The number of hydrogen-bond donors (Lipinski definition) is 1. The highest BCUT2D eigenvalue weighted by Crippen LogP contribution is 2.21. The van der Waals surface area contributed by atoms with Gasteiger partial charge in [-0.15, -0.1) is 0 Å². The number of aromatic nitrogens is 4. The van der Waals surface area contributed by atoms with E-state index < -0.39 is 11.2 Å². The largest absolute Gasteiger partial charge is 0.353 e. The highest BCUT2D eigenvalue weighted by atomic mass is 16.2. The van der Waals surface area contributed by atoms with Gasteiger partial charge in [0, 0.05) is 39.4 Å². The van der Waals surface area contributed by atoms with Crippen LogP contribution in [-0.4, -0.2) is 55.9 Å². The molecule has 148 valence electrons. The molecule has 1 saturated carbocycles. The standard InChI is InChI=1S/C18H28N6O3/c1-21(13-7-5-4-6-8-13)10-9-19-15(25)12-24-11-14-16(20-24)22(2)18(27)23(3)17(14)26/h11,13H,4-10,12H2,1-3H3,(H,19,25). The zero-order chi connectivity index (χ0) is 19.6. The van der Waals surface area contributed by atoms with Gasteiger partial charge in [-0.3, -0.25) is 23.4 Å². The molecule has 9 heteroatoms. The van der Waals surface area contributed by atoms with E-state index in [1.165, 1.54) is 54.6 Å². The molecule has 2 heterocycles. The van der Waals surface area contributed by atoms with Crippen molar-refractivity contribution in [2.24, 2.45) is 14.1 Å². The summed E-state index contributed by atoms with van der Waals surface area (Å²) in [5.74, 6) is -0.165. The van der Waals surface area contributed by atoms with E-state index >= 15 is 0 Å². The van der Waals surface area contributed by atoms with Gasteiger partial charge >= 0.3 is 5.69 Å². The van der Waals surface area contributed by atoms with E-state index in [1.807, 2.05) is 0 Å². The highest BCUT2D eigenvalue weighted by Gasteiger charge is 2.18. The van der Waals surface area contributed by atoms with E-state index in [4.69, 9.17) is 0 Å². The first-order valence-corrected chi connectivity index (χ1v) is 9.48. The molecule has 9 nitrogen and oxygen atoms in total. The maximum Gasteiger partial charge on any atom is 0.332 e. The van der Waals surface area contributed by atoms with E-state index in [0.717, 1.165) is 11.1 Å². The number of fused-ring (bicyclic) bond motifs is 1. The fourth-order valence-corrected chi connectivity index (χ4v) is 3.75. The van der Waals surface area contributed by atoms with Crippen LogP contribution in [0, 0.1) is 0 Å². The summed E-state index contributed by atoms with van der Waals surface area (Å²) in [7, 11) is 5.10. The molecule has 2 aromatic heterocycles. The van der Waals surface area contributed by atoms with E-state index in [2.05, 4.69) is 22.4 Å². The number of likely N-dealkylation sites (N-methyl/N-ethyl adjacent to an activating group) is 1. The molecule has 0 aromatic carbocycles. The Kier molecular flexibility index (Phi) is 5.79. The highest BCUT2D eigenvalue weighted by molar-refractivity contribution is 5.77. The van der Waals surface area contributed by atoms with Gasteiger partial charge in [0.1, 0.15) is 11.9 Å². The normalized spacial score (nSPS) is 15.6. The predicted octanol–water partition coefficient (Wildman–Crippen LogP) is -0.186. The number of rotatable bonds is 6. The minimum absolute atomic E-state index is 0.0131. The molecule has 27 heavy (non-hydrogen) atoms. The van der Waals surface area contributed by atoms with Crippen LogP contribution in [0.2, 0.25) is 0 Å². The van der Waals surface area contributed by atoms with Gasteiger partial charge in [0.25, 0.3) is 5.56 Å². The van der Waals surface area contributed by atoms with Gasteiger partial charge in [0.2, 0.25) is 5.91 Å². The predicted molar refractivity (Wildman–Crippen MR) is 103 cm³/mol. The Morgan fingerprint density at radius 1 is 1.22 bits per heavy atom. The SMILES string of the molecule is CN(CCNC(=O)Cn1cc2c(=O)n(C)c(=O)n(C)c2n1)C1CCCCC1. The fourth-order valence-electron chi connectivity index (χ4n) is 3.75. The van der Waals surface area contributed by atoms with Crippen molar-refractivity contribution in [2.45, 2.75) is 44.7 Å². The van der Waals surface area contributed by atoms with Gasteiger partial charge in [0.15, 0.2) is 5.65 Å². The molecule has 1 aliphatic rings. The molecular weight excluding hydrogens is 348 g/mol. The Labute approximate surface area is 157 Å². The Morgan fingerprint density at radius 2 is 1.93 bits per heavy atom. The number of amides is 1. The average Bonchev–Trinajstić information content (AvgIpc) is 3.09. The minimum atomic E-state index is -0.437. The van der Waals surface area contributed by atoms with Crippen LogP contribution in [0.3, 0.4) is 0 Å². The lowest BCUT2D eigenvalue weighted by Crippen LogP contribution is -2.40. The molecule has 0 bridgehead atoms. The molecule has 1 aliphatic carbocycles. The van der Waals surface area contributed by atoms with Crippen molar-refractivity contribution in [1.82, 2.24) is 29.1 Å². The number of carbonyl (C=O) groups is 1. The monoisotopic (exact) mass is 376 g/mol. The second-order valence-corrected chi connectivity index (χ2v) is 7.39. The summed E-state index contributed by atoms with van der Waals surface area (Å²) < 4.78 is 3.76. The van der Waals surface area contributed by atoms with Crippen LogP contribution < -0.4 is 16.6 Å². The van der Waals surface area contributed by atoms with Gasteiger partial charge in [0.05, 0.1) is 0 Å². The van der Waals surface area contributed by atoms with Gasteiger partial charge in [-0.1, -0.05) is 19.3 Å². The first kappa shape index (κ1) is 19.3. The summed E-state index contributed by atoms with van der Waals surface area (Å²) in [4.78, 5) is 38.7. The van der Waals surface area contributed by atoms with Crippen molar-refractivity contribution < 1.29 is 4.79 Å². The topological polar surface area (TPSA) is 94.2 Å². The van der Waals surface area contributed by atoms with Gasteiger partial charge < -0.3 is 10.2 Å². The molecule has 0 atom stereocenters. The van der Waals surface area contributed by atoms with Crippen molar-refractivity contribution in [2.75, 3.05) is 20.1 Å². The van der Waals surface area contributed by atoms with Crippen LogP contribution in [0.25, 0.3) is 11.0 Å². The maximum atomic E-state index is 12.2. The van der Waals surface area contributed by atoms with Crippen LogP contribution >= 0.6 is 0 Å².